The van der Waals surface area contributed by atoms with E-state index in [9.17, 15) is 15.0 Å². The zero-order chi connectivity index (χ0) is 12.9. The second kappa shape index (κ2) is 3.50. The Balaban J connectivity index is 2.57. The van der Waals surface area contributed by atoms with Crippen LogP contribution in [0.1, 0.15) is 5.56 Å². The molecule has 0 aliphatic heterocycles. The first kappa shape index (κ1) is 10.7. The lowest BCUT2D eigenvalue weighted by Gasteiger charge is -2.04. The molecule has 0 saturated heterocycles. The summed E-state index contributed by atoms with van der Waals surface area (Å²) < 4.78 is 5.55. The van der Waals surface area contributed by atoms with E-state index < -0.39 is 0 Å². The molecular formula is C14H10O4. The van der Waals surface area contributed by atoms with E-state index in [1.54, 1.807) is 13.0 Å². The molecule has 0 aliphatic rings. The van der Waals surface area contributed by atoms with Crippen LogP contribution in [0.4, 0.5) is 0 Å². The third-order valence-electron chi connectivity index (χ3n) is 2.97. The largest absolute Gasteiger partial charge is 0.508 e. The molecule has 4 nitrogen and oxygen atoms in total. The summed E-state index contributed by atoms with van der Waals surface area (Å²) in [5.41, 5.74) is 1.11. The lowest BCUT2D eigenvalue weighted by atomic mass is 10.1. The van der Waals surface area contributed by atoms with Gasteiger partial charge in [-0.15, -0.1) is 0 Å². The monoisotopic (exact) mass is 242 g/mol. The van der Waals surface area contributed by atoms with E-state index >= 15 is 0 Å². The van der Waals surface area contributed by atoms with Gasteiger partial charge in [-0.1, -0.05) is 0 Å². The van der Waals surface area contributed by atoms with Crippen molar-refractivity contribution >= 4 is 21.9 Å². The third-order valence-corrected chi connectivity index (χ3v) is 2.97. The van der Waals surface area contributed by atoms with Crippen molar-refractivity contribution in [1.29, 1.82) is 0 Å². The standard InChI is InChI=1S/C14H10O4/c1-7-4-9-13(6-11(7)16)18-12-3-2-8(15)5-10(12)14(9)17/h2-6,15-16H,1H3. The van der Waals surface area contributed by atoms with Crippen LogP contribution < -0.4 is 5.43 Å². The molecule has 90 valence electrons. The van der Waals surface area contributed by atoms with E-state index in [4.69, 9.17) is 4.42 Å². The molecule has 0 spiro atoms. The quantitative estimate of drug-likeness (QED) is 0.594. The summed E-state index contributed by atoms with van der Waals surface area (Å²) in [6.45, 7) is 1.71. The summed E-state index contributed by atoms with van der Waals surface area (Å²) in [7, 11) is 0. The van der Waals surface area contributed by atoms with Gasteiger partial charge in [0.25, 0.3) is 0 Å². The highest BCUT2D eigenvalue weighted by molar-refractivity contribution is 5.91. The number of aryl methyl sites for hydroxylation is 1. The van der Waals surface area contributed by atoms with Gasteiger partial charge in [0.05, 0.1) is 10.8 Å². The van der Waals surface area contributed by atoms with Crippen molar-refractivity contribution in [2.75, 3.05) is 0 Å². The van der Waals surface area contributed by atoms with Gasteiger partial charge in [0.15, 0.2) is 0 Å². The first-order valence-electron chi connectivity index (χ1n) is 5.45. The normalized spacial score (nSPS) is 11.2. The smallest absolute Gasteiger partial charge is 0.200 e. The fourth-order valence-electron chi connectivity index (χ4n) is 1.99. The number of hydrogen-bond donors (Lipinski definition) is 2. The maximum Gasteiger partial charge on any atom is 0.200 e. The van der Waals surface area contributed by atoms with E-state index in [1.807, 2.05) is 0 Å². The van der Waals surface area contributed by atoms with Crippen LogP contribution in [0.25, 0.3) is 21.9 Å². The topological polar surface area (TPSA) is 70.7 Å². The molecule has 2 N–H and O–H groups in total. The van der Waals surface area contributed by atoms with E-state index in [0.717, 1.165) is 0 Å². The predicted molar refractivity (Wildman–Crippen MR) is 68.1 cm³/mol. The number of rotatable bonds is 0. The molecule has 1 aromatic heterocycles. The molecule has 1 heterocycles. The van der Waals surface area contributed by atoms with Crippen molar-refractivity contribution in [3.05, 3.63) is 46.1 Å². The molecule has 0 amide bonds. The summed E-state index contributed by atoms with van der Waals surface area (Å²) in [5, 5.41) is 19.7. The van der Waals surface area contributed by atoms with Gasteiger partial charge in [-0.05, 0) is 36.8 Å². The Labute approximate surface area is 102 Å². The lowest BCUT2D eigenvalue weighted by molar-refractivity contribution is 0.470. The zero-order valence-corrected chi connectivity index (χ0v) is 9.60. The van der Waals surface area contributed by atoms with E-state index in [-0.39, 0.29) is 16.9 Å². The van der Waals surface area contributed by atoms with E-state index in [2.05, 4.69) is 0 Å². The molecule has 0 saturated carbocycles. The van der Waals surface area contributed by atoms with Crippen molar-refractivity contribution in [3.8, 4) is 11.5 Å². The van der Waals surface area contributed by atoms with Crippen molar-refractivity contribution in [2.24, 2.45) is 0 Å². The van der Waals surface area contributed by atoms with Crippen LogP contribution in [-0.2, 0) is 0 Å². The molecule has 2 aromatic carbocycles. The summed E-state index contributed by atoms with van der Waals surface area (Å²) in [4.78, 5) is 12.3. The second-order valence-electron chi connectivity index (χ2n) is 4.25. The minimum absolute atomic E-state index is 0.0182. The Hall–Kier alpha value is -2.49. The first-order chi connectivity index (χ1) is 8.56. The summed E-state index contributed by atoms with van der Waals surface area (Å²) in [6.07, 6.45) is 0. The number of hydrogen-bond acceptors (Lipinski definition) is 4. The Morgan fingerprint density at radius 3 is 2.50 bits per heavy atom. The van der Waals surface area contributed by atoms with Gasteiger partial charge in [0.2, 0.25) is 5.43 Å². The number of phenolic OH excluding ortho intramolecular Hbond substituents is 2. The molecule has 0 fully saturated rings. The molecule has 0 unspecified atom stereocenters. The summed E-state index contributed by atoms with van der Waals surface area (Å²) in [5.74, 6) is 0.105. The van der Waals surface area contributed by atoms with Gasteiger partial charge in [0, 0.05) is 6.07 Å². The minimum Gasteiger partial charge on any atom is -0.508 e. The van der Waals surface area contributed by atoms with Gasteiger partial charge in [-0.3, -0.25) is 4.79 Å². The van der Waals surface area contributed by atoms with Gasteiger partial charge in [-0.2, -0.15) is 0 Å². The van der Waals surface area contributed by atoms with Crippen LogP contribution in [0.3, 0.4) is 0 Å². The fraction of sp³-hybridized carbons (Fsp3) is 0.0714. The van der Waals surface area contributed by atoms with Crippen LogP contribution in [-0.4, -0.2) is 10.2 Å². The van der Waals surface area contributed by atoms with Gasteiger partial charge in [-0.25, -0.2) is 0 Å². The molecule has 0 aliphatic carbocycles. The molecule has 3 rings (SSSR count). The summed E-state index contributed by atoms with van der Waals surface area (Å²) >= 11 is 0. The Bertz CT molecular complexity index is 830. The van der Waals surface area contributed by atoms with Crippen LogP contribution in [0.2, 0.25) is 0 Å². The third kappa shape index (κ3) is 1.43. The van der Waals surface area contributed by atoms with Crippen molar-refractivity contribution in [1.82, 2.24) is 0 Å². The molecule has 0 radical (unpaired) electrons. The first-order valence-corrected chi connectivity index (χ1v) is 5.45. The Morgan fingerprint density at radius 1 is 1.00 bits per heavy atom. The van der Waals surface area contributed by atoms with Crippen LogP contribution in [0.5, 0.6) is 11.5 Å². The zero-order valence-electron chi connectivity index (χ0n) is 9.60. The van der Waals surface area contributed by atoms with Gasteiger partial charge in [0.1, 0.15) is 22.7 Å². The number of phenols is 2. The van der Waals surface area contributed by atoms with Crippen LogP contribution >= 0.6 is 0 Å². The number of fused-ring (bicyclic) bond motifs is 2. The number of aromatic hydroxyl groups is 2. The highest BCUT2D eigenvalue weighted by atomic mass is 16.3. The molecule has 3 aromatic rings. The molecular weight excluding hydrogens is 232 g/mol. The fourth-order valence-corrected chi connectivity index (χ4v) is 1.99. The molecule has 0 atom stereocenters. The highest BCUT2D eigenvalue weighted by Crippen LogP contribution is 2.26. The van der Waals surface area contributed by atoms with Crippen molar-refractivity contribution < 1.29 is 14.6 Å². The van der Waals surface area contributed by atoms with Crippen LogP contribution in [0.15, 0.2) is 39.5 Å². The lowest BCUT2D eigenvalue weighted by Crippen LogP contribution is -2.02. The molecule has 0 bridgehead atoms. The Kier molecular flexibility index (Phi) is 2.07. The highest BCUT2D eigenvalue weighted by Gasteiger charge is 2.10. The van der Waals surface area contributed by atoms with Crippen molar-refractivity contribution in [3.63, 3.8) is 0 Å². The SMILES string of the molecule is Cc1cc2c(=O)c3cc(O)ccc3oc2cc1O. The predicted octanol–water partition coefficient (Wildman–Crippen LogP) is 2.67. The number of benzene rings is 2. The van der Waals surface area contributed by atoms with Crippen molar-refractivity contribution in [2.45, 2.75) is 6.92 Å². The van der Waals surface area contributed by atoms with Crippen LogP contribution in [0, 0.1) is 6.92 Å². The minimum atomic E-state index is -0.217. The molecule has 18 heavy (non-hydrogen) atoms. The van der Waals surface area contributed by atoms with Gasteiger partial charge >= 0.3 is 0 Å². The maximum absolute atomic E-state index is 12.3. The maximum atomic E-state index is 12.3. The molecule has 4 heteroatoms. The summed E-state index contributed by atoms with van der Waals surface area (Å²) in [6, 6.07) is 7.37. The average Bonchev–Trinajstić information content (AvgIpc) is 2.33. The second-order valence-corrected chi connectivity index (χ2v) is 4.25. The average molecular weight is 242 g/mol. The van der Waals surface area contributed by atoms with E-state index in [1.165, 1.54) is 24.3 Å². The van der Waals surface area contributed by atoms with E-state index in [0.29, 0.717) is 27.5 Å². The van der Waals surface area contributed by atoms with Gasteiger partial charge < -0.3 is 14.6 Å². The Morgan fingerprint density at radius 2 is 1.72 bits per heavy atom.